The molecule has 0 saturated heterocycles. The second-order valence-electron chi connectivity index (χ2n) is 3.56. The van der Waals surface area contributed by atoms with E-state index in [1.54, 1.807) is 36.4 Å². The molecule has 1 aromatic heterocycles. The number of aromatic carboxylic acids is 1. The van der Waals surface area contributed by atoms with Gasteiger partial charge in [-0.15, -0.1) is 0 Å². The summed E-state index contributed by atoms with van der Waals surface area (Å²) in [6.07, 6.45) is 1.44. The first kappa shape index (κ1) is 12.4. The third-order valence-electron chi connectivity index (χ3n) is 2.30. The van der Waals surface area contributed by atoms with Crippen molar-refractivity contribution in [3.05, 3.63) is 58.9 Å². The SMILES string of the molecule is O=C(O)c1ncccc1COc1ccc(Cl)cc1. The highest BCUT2D eigenvalue weighted by atomic mass is 35.5. The average Bonchev–Trinajstić information content (AvgIpc) is 2.38. The second kappa shape index (κ2) is 5.51. The maximum absolute atomic E-state index is 10.9. The van der Waals surface area contributed by atoms with Gasteiger partial charge in [0.2, 0.25) is 0 Å². The first-order chi connectivity index (χ1) is 8.66. The van der Waals surface area contributed by atoms with Gasteiger partial charge in [0.1, 0.15) is 12.4 Å². The summed E-state index contributed by atoms with van der Waals surface area (Å²) in [5.41, 5.74) is 0.534. The molecule has 92 valence electrons. The summed E-state index contributed by atoms with van der Waals surface area (Å²) in [6.45, 7) is 0.150. The van der Waals surface area contributed by atoms with Crippen molar-refractivity contribution in [3.63, 3.8) is 0 Å². The zero-order chi connectivity index (χ0) is 13.0. The Morgan fingerprint density at radius 1 is 1.28 bits per heavy atom. The third kappa shape index (κ3) is 2.99. The minimum Gasteiger partial charge on any atom is -0.489 e. The van der Waals surface area contributed by atoms with Gasteiger partial charge >= 0.3 is 5.97 Å². The molecule has 4 nitrogen and oxygen atoms in total. The molecule has 0 unspecified atom stereocenters. The Morgan fingerprint density at radius 2 is 2.00 bits per heavy atom. The van der Waals surface area contributed by atoms with Gasteiger partial charge in [-0.2, -0.15) is 0 Å². The number of ether oxygens (including phenoxy) is 1. The van der Waals surface area contributed by atoms with Gasteiger partial charge in [0, 0.05) is 16.8 Å². The van der Waals surface area contributed by atoms with Crippen LogP contribution >= 0.6 is 11.6 Å². The summed E-state index contributed by atoms with van der Waals surface area (Å²) < 4.78 is 5.48. The number of pyridine rings is 1. The van der Waals surface area contributed by atoms with Crippen molar-refractivity contribution in [3.8, 4) is 5.75 Å². The highest BCUT2D eigenvalue weighted by Gasteiger charge is 2.11. The molecule has 2 rings (SSSR count). The summed E-state index contributed by atoms with van der Waals surface area (Å²) in [7, 11) is 0. The van der Waals surface area contributed by atoms with Crippen LogP contribution in [0.3, 0.4) is 0 Å². The van der Waals surface area contributed by atoms with Crippen LogP contribution in [0.2, 0.25) is 5.02 Å². The van der Waals surface area contributed by atoms with E-state index in [1.165, 1.54) is 6.20 Å². The smallest absolute Gasteiger partial charge is 0.354 e. The standard InChI is InChI=1S/C13H10ClNO3/c14-10-3-5-11(6-4-10)18-8-9-2-1-7-15-12(9)13(16)17/h1-7H,8H2,(H,16,17). The summed E-state index contributed by atoms with van der Waals surface area (Å²) >= 11 is 5.75. The van der Waals surface area contributed by atoms with E-state index in [-0.39, 0.29) is 12.3 Å². The van der Waals surface area contributed by atoms with E-state index < -0.39 is 5.97 Å². The number of halogens is 1. The van der Waals surface area contributed by atoms with Crippen LogP contribution in [0.25, 0.3) is 0 Å². The van der Waals surface area contributed by atoms with E-state index in [4.69, 9.17) is 21.4 Å². The Bertz CT molecular complexity index is 554. The predicted octanol–water partition coefficient (Wildman–Crippen LogP) is 3.01. The quantitative estimate of drug-likeness (QED) is 0.921. The number of carboxylic acid groups (broad SMARTS) is 1. The lowest BCUT2D eigenvalue weighted by atomic mass is 10.2. The van der Waals surface area contributed by atoms with Crippen molar-refractivity contribution in [2.75, 3.05) is 0 Å². The Hall–Kier alpha value is -2.07. The molecule has 1 aromatic carbocycles. The zero-order valence-corrected chi connectivity index (χ0v) is 10.1. The lowest BCUT2D eigenvalue weighted by molar-refractivity contribution is 0.0687. The molecular formula is C13H10ClNO3. The van der Waals surface area contributed by atoms with E-state index in [2.05, 4.69) is 4.98 Å². The molecule has 5 heteroatoms. The molecule has 0 aliphatic rings. The fraction of sp³-hybridized carbons (Fsp3) is 0.0769. The summed E-state index contributed by atoms with van der Waals surface area (Å²) in [6, 6.07) is 10.2. The molecule has 0 saturated carbocycles. The fourth-order valence-electron chi connectivity index (χ4n) is 1.44. The summed E-state index contributed by atoms with van der Waals surface area (Å²) in [5.74, 6) is -0.440. The van der Waals surface area contributed by atoms with Crippen molar-refractivity contribution < 1.29 is 14.6 Å². The number of nitrogens with zero attached hydrogens (tertiary/aromatic N) is 1. The number of carboxylic acids is 1. The van der Waals surface area contributed by atoms with Gasteiger partial charge in [0.05, 0.1) is 0 Å². The molecule has 2 aromatic rings. The summed E-state index contributed by atoms with van der Waals surface area (Å²) in [4.78, 5) is 14.7. The van der Waals surface area contributed by atoms with E-state index in [0.717, 1.165) is 0 Å². The van der Waals surface area contributed by atoms with Gasteiger partial charge in [0.15, 0.2) is 5.69 Å². The molecule has 18 heavy (non-hydrogen) atoms. The van der Waals surface area contributed by atoms with Crippen molar-refractivity contribution in [1.82, 2.24) is 4.98 Å². The Morgan fingerprint density at radius 3 is 2.67 bits per heavy atom. The monoisotopic (exact) mass is 263 g/mol. The van der Waals surface area contributed by atoms with Crippen molar-refractivity contribution in [2.24, 2.45) is 0 Å². The number of hydrogen-bond acceptors (Lipinski definition) is 3. The maximum atomic E-state index is 10.9. The fourth-order valence-corrected chi connectivity index (χ4v) is 1.57. The first-order valence-electron chi connectivity index (χ1n) is 5.22. The second-order valence-corrected chi connectivity index (χ2v) is 4.00. The molecule has 0 spiro atoms. The minimum absolute atomic E-state index is 0.00598. The molecule has 0 radical (unpaired) electrons. The van der Waals surface area contributed by atoms with Crippen LogP contribution < -0.4 is 4.74 Å². The molecule has 0 aliphatic carbocycles. The molecule has 1 heterocycles. The normalized spacial score (nSPS) is 10.1. The van der Waals surface area contributed by atoms with Crippen molar-refractivity contribution >= 4 is 17.6 Å². The van der Waals surface area contributed by atoms with Crippen LogP contribution in [-0.4, -0.2) is 16.1 Å². The molecule has 0 bridgehead atoms. The molecule has 0 atom stereocenters. The van der Waals surface area contributed by atoms with E-state index in [0.29, 0.717) is 16.3 Å². The van der Waals surface area contributed by atoms with Gasteiger partial charge in [-0.3, -0.25) is 0 Å². The van der Waals surface area contributed by atoms with Crippen molar-refractivity contribution in [2.45, 2.75) is 6.61 Å². The summed E-state index contributed by atoms with van der Waals surface area (Å²) in [5, 5.41) is 9.58. The van der Waals surface area contributed by atoms with E-state index in [1.807, 2.05) is 0 Å². The number of carbonyl (C=O) groups is 1. The number of aromatic nitrogens is 1. The molecular weight excluding hydrogens is 254 g/mol. The zero-order valence-electron chi connectivity index (χ0n) is 9.34. The van der Waals surface area contributed by atoms with Gasteiger partial charge in [-0.25, -0.2) is 9.78 Å². The number of benzene rings is 1. The lowest BCUT2D eigenvalue weighted by Crippen LogP contribution is -2.07. The van der Waals surface area contributed by atoms with Gasteiger partial charge in [-0.1, -0.05) is 17.7 Å². The first-order valence-corrected chi connectivity index (χ1v) is 5.60. The van der Waals surface area contributed by atoms with Crippen LogP contribution in [0.1, 0.15) is 16.1 Å². The maximum Gasteiger partial charge on any atom is 0.354 e. The molecule has 0 fully saturated rings. The lowest BCUT2D eigenvalue weighted by Gasteiger charge is -2.07. The number of rotatable bonds is 4. The Labute approximate surface area is 109 Å². The van der Waals surface area contributed by atoms with Crippen LogP contribution in [0.4, 0.5) is 0 Å². The highest BCUT2D eigenvalue weighted by molar-refractivity contribution is 6.30. The van der Waals surface area contributed by atoms with Gasteiger partial charge in [0.25, 0.3) is 0 Å². The predicted molar refractivity (Wildman–Crippen MR) is 67.0 cm³/mol. The molecule has 0 amide bonds. The Balaban J connectivity index is 2.10. The molecule has 0 aliphatic heterocycles. The Kier molecular flexibility index (Phi) is 3.79. The van der Waals surface area contributed by atoms with Crippen molar-refractivity contribution in [1.29, 1.82) is 0 Å². The van der Waals surface area contributed by atoms with Gasteiger partial charge in [-0.05, 0) is 30.3 Å². The van der Waals surface area contributed by atoms with Crippen LogP contribution in [-0.2, 0) is 6.61 Å². The van der Waals surface area contributed by atoms with Crippen LogP contribution in [0.15, 0.2) is 42.6 Å². The largest absolute Gasteiger partial charge is 0.489 e. The molecule has 1 N–H and O–H groups in total. The minimum atomic E-state index is -1.06. The van der Waals surface area contributed by atoms with Crippen LogP contribution in [0.5, 0.6) is 5.75 Å². The third-order valence-corrected chi connectivity index (χ3v) is 2.55. The van der Waals surface area contributed by atoms with E-state index >= 15 is 0 Å². The highest BCUT2D eigenvalue weighted by Crippen LogP contribution is 2.17. The average molecular weight is 264 g/mol. The topological polar surface area (TPSA) is 59.4 Å². The van der Waals surface area contributed by atoms with Gasteiger partial charge < -0.3 is 9.84 Å². The van der Waals surface area contributed by atoms with Crippen LogP contribution in [0, 0.1) is 0 Å². The van der Waals surface area contributed by atoms with E-state index in [9.17, 15) is 4.79 Å². The number of hydrogen-bond donors (Lipinski definition) is 1.